The van der Waals surface area contributed by atoms with E-state index >= 15 is 0 Å². The van der Waals surface area contributed by atoms with Crippen molar-refractivity contribution in [1.82, 2.24) is 0 Å². The van der Waals surface area contributed by atoms with Crippen molar-refractivity contribution < 1.29 is 14.8 Å². The number of benzene rings is 2. The molecule has 104 valence electrons. The summed E-state index contributed by atoms with van der Waals surface area (Å²) in [5.74, 6) is 0.745. The van der Waals surface area contributed by atoms with Crippen molar-refractivity contribution in [2.75, 3.05) is 0 Å². The first-order valence-corrected chi connectivity index (χ1v) is 6.70. The highest BCUT2D eigenvalue weighted by Gasteiger charge is 2.15. The largest absolute Gasteiger partial charge is 0.488 e. The van der Waals surface area contributed by atoms with Crippen LogP contribution in [0.15, 0.2) is 36.4 Å². The Kier molecular flexibility index (Phi) is 4.71. The van der Waals surface area contributed by atoms with Crippen LogP contribution >= 0.6 is 11.6 Å². The maximum atomic E-state index is 9.21. The summed E-state index contributed by atoms with van der Waals surface area (Å²) in [5, 5.41) is 19.1. The number of hydrogen-bond donors (Lipinski definition) is 2. The first kappa shape index (κ1) is 14.9. The Balaban J connectivity index is 2.20. The van der Waals surface area contributed by atoms with Gasteiger partial charge < -0.3 is 14.8 Å². The van der Waals surface area contributed by atoms with Crippen molar-refractivity contribution in [3.05, 3.63) is 58.1 Å². The van der Waals surface area contributed by atoms with Crippen LogP contribution in [0, 0.1) is 13.8 Å². The molecular formula is C15H16BClO3. The number of aryl methyl sites for hydroxylation is 2. The number of rotatable bonds is 4. The summed E-state index contributed by atoms with van der Waals surface area (Å²) in [4.78, 5) is 0. The van der Waals surface area contributed by atoms with E-state index < -0.39 is 7.12 Å². The van der Waals surface area contributed by atoms with Gasteiger partial charge in [-0.05, 0) is 36.5 Å². The van der Waals surface area contributed by atoms with Gasteiger partial charge in [0, 0.05) is 10.6 Å². The van der Waals surface area contributed by atoms with Gasteiger partial charge in [-0.15, -0.1) is 0 Å². The van der Waals surface area contributed by atoms with Gasteiger partial charge in [0.2, 0.25) is 0 Å². The van der Waals surface area contributed by atoms with E-state index in [1.165, 1.54) is 0 Å². The Morgan fingerprint density at radius 3 is 2.25 bits per heavy atom. The second-order valence-corrected chi connectivity index (χ2v) is 5.14. The second-order valence-electron chi connectivity index (χ2n) is 4.74. The lowest BCUT2D eigenvalue weighted by Crippen LogP contribution is -2.30. The molecule has 20 heavy (non-hydrogen) atoms. The van der Waals surface area contributed by atoms with Crippen LogP contribution in [0.4, 0.5) is 0 Å². The van der Waals surface area contributed by atoms with Crippen molar-refractivity contribution in [1.29, 1.82) is 0 Å². The smallest absolute Gasteiger partial charge is 0.488 e. The molecule has 0 unspecified atom stereocenters. The highest BCUT2D eigenvalue weighted by molar-refractivity contribution is 6.58. The predicted molar refractivity (Wildman–Crippen MR) is 81.5 cm³/mol. The van der Waals surface area contributed by atoms with Gasteiger partial charge in [-0.3, -0.25) is 0 Å². The van der Waals surface area contributed by atoms with Gasteiger partial charge in [-0.25, -0.2) is 0 Å². The molecule has 0 heterocycles. The molecule has 3 nitrogen and oxygen atoms in total. The Bertz CT molecular complexity index is 591. The third kappa shape index (κ3) is 3.34. The van der Waals surface area contributed by atoms with E-state index in [0.717, 1.165) is 22.4 Å². The average molecular weight is 291 g/mol. The molecule has 2 rings (SSSR count). The predicted octanol–water partition coefficient (Wildman–Crippen LogP) is 2.22. The van der Waals surface area contributed by atoms with E-state index in [9.17, 15) is 10.0 Å². The van der Waals surface area contributed by atoms with Crippen LogP contribution in [-0.4, -0.2) is 17.2 Å². The lowest BCUT2D eigenvalue weighted by molar-refractivity contribution is 0.302. The molecule has 2 aromatic carbocycles. The molecule has 5 heteroatoms. The van der Waals surface area contributed by atoms with Gasteiger partial charge in [0.15, 0.2) is 0 Å². The van der Waals surface area contributed by atoms with Crippen LogP contribution in [0.25, 0.3) is 0 Å². The van der Waals surface area contributed by atoms with Crippen LogP contribution < -0.4 is 10.2 Å². The fraction of sp³-hybridized carbons (Fsp3) is 0.200. The first-order chi connectivity index (χ1) is 9.49. The van der Waals surface area contributed by atoms with Gasteiger partial charge in [-0.1, -0.05) is 41.9 Å². The number of hydrogen-bond acceptors (Lipinski definition) is 3. The molecular weight excluding hydrogens is 274 g/mol. The molecule has 0 aliphatic carbocycles. The van der Waals surface area contributed by atoms with Gasteiger partial charge in [0.05, 0.1) is 0 Å². The third-order valence-electron chi connectivity index (χ3n) is 3.11. The molecule has 0 aromatic heterocycles. The Labute approximate surface area is 123 Å². The Hall–Kier alpha value is -1.49. The van der Waals surface area contributed by atoms with E-state index in [1.54, 1.807) is 12.1 Å². The molecule has 0 radical (unpaired) electrons. The molecule has 0 atom stereocenters. The van der Waals surface area contributed by atoms with Crippen molar-refractivity contribution in [3.8, 4) is 5.75 Å². The normalized spacial score (nSPS) is 10.4. The topological polar surface area (TPSA) is 49.7 Å². The summed E-state index contributed by atoms with van der Waals surface area (Å²) in [7, 11) is -1.47. The van der Waals surface area contributed by atoms with Gasteiger partial charge in [-0.2, -0.15) is 0 Å². The minimum absolute atomic E-state index is 0.377. The quantitative estimate of drug-likeness (QED) is 0.849. The van der Waals surface area contributed by atoms with E-state index in [-0.39, 0.29) is 0 Å². The van der Waals surface area contributed by atoms with E-state index in [4.69, 9.17) is 16.3 Å². The summed E-state index contributed by atoms with van der Waals surface area (Å²) >= 11 is 6.09. The molecule has 0 aliphatic heterocycles. The fourth-order valence-corrected chi connectivity index (χ4v) is 2.32. The number of ether oxygens (including phenoxy) is 1. The summed E-state index contributed by atoms with van der Waals surface area (Å²) in [6.07, 6.45) is 0. The molecule has 0 saturated heterocycles. The van der Waals surface area contributed by atoms with Gasteiger partial charge in [0.1, 0.15) is 12.4 Å². The summed E-state index contributed by atoms with van der Waals surface area (Å²) in [5.41, 5.74) is 3.10. The van der Waals surface area contributed by atoms with E-state index in [1.807, 2.05) is 38.1 Å². The van der Waals surface area contributed by atoms with Crippen LogP contribution in [0.5, 0.6) is 5.75 Å². The molecule has 0 fully saturated rings. The Morgan fingerprint density at radius 1 is 1.10 bits per heavy atom. The van der Waals surface area contributed by atoms with Gasteiger partial charge >= 0.3 is 7.12 Å². The lowest BCUT2D eigenvalue weighted by atomic mass is 9.78. The monoisotopic (exact) mass is 290 g/mol. The summed E-state index contributed by atoms with van der Waals surface area (Å²) in [6, 6.07) is 10.9. The summed E-state index contributed by atoms with van der Waals surface area (Å²) < 4.78 is 5.82. The standard InChI is InChI=1S/C15H16BClO3/c1-10-7-13(16(18)19)8-11(2)15(10)20-9-12-5-3-4-6-14(12)17/h3-8,18-19H,9H2,1-2H3. The van der Waals surface area contributed by atoms with Crippen molar-refractivity contribution in [2.45, 2.75) is 20.5 Å². The Morgan fingerprint density at radius 2 is 1.70 bits per heavy atom. The van der Waals surface area contributed by atoms with Crippen LogP contribution in [-0.2, 0) is 6.61 Å². The lowest BCUT2D eigenvalue weighted by Gasteiger charge is -2.14. The number of halogens is 1. The highest BCUT2D eigenvalue weighted by Crippen LogP contribution is 2.24. The zero-order valence-electron chi connectivity index (χ0n) is 11.4. The van der Waals surface area contributed by atoms with Crippen LogP contribution in [0.3, 0.4) is 0 Å². The van der Waals surface area contributed by atoms with Crippen molar-refractivity contribution >= 4 is 24.2 Å². The highest BCUT2D eigenvalue weighted by atomic mass is 35.5. The maximum Gasteiger partial charge on any atom is 0.488 e. The molecule has 0 spiro atoms. The van der Waals surface area contributed by atoms with E-state index in [2.05, 4.69) is 0 Å². The summed E-state index contributed by atoms with van der Waals surface area (Å²) in [6.45, 7) is 4.13. The average Bonchev–Trinajstić information content (AvgIpc) is 2.39. The molecule has 0 amide bonds. The molecule has 0 aliphatic rings. The zero-order chi connectivity index (χ0) is 14.7. The molecule has 2 aromatic rings. The third-order valence-corrected chi connectivity index (χ3v) is 3.48. The minimum atomic E-state index is -1.47. The second kappa shape index (κ2) is 6.31. The molecule has 0 bridgehead atoms. The zero-order valence-corrected chi connectivity index (χ0v) is 12.2. The van der Waals surface area contributed by atoms with E-state index in [0.29, 0.717) is 17.1 Å². The fourth-order valence-electron chi connectivity index (χ4n) is 2.13. The van der Waals surface area contributed by atoms with Gasteiger partial charge in [0.25, 0.3) is 0 Å². The van der Waals surface area contributed by atoms with Crippen LogP contribution in [0.2, 0.25) is 5.02 Å². The molecule has 0 saturated carbocycles. The van der Waals surface area contributed by atoms with Crippen molar-refractivity contribution in [3.63, 3.8) is 0 Å². The SMILES string of the molecule is Cc1cc(B(O)O)cc(C)c1OCc1ccccc1Cl. The van der Waals surface area contributed by atoms with Crippen molar-refractivity contribution in [2.24, 2.45) is 0 Å². The van der Waals surface area contributed by atoms with Crippen LogP contribution in [0.1, 0.15) is 16.7 Å². The first-order valence-electron chi connectivity index (χ1n) is 6.32. The maximum absolute atomic E-state index is 9.21. The molecule has 2 N–H and O–H groups in total. The minimum Gasteiger partial charge on any atom is -0.488 e.